The van der Waals surface area contributed by atoms with E-state index in [1.807, 2.05) is 25.1 Å². The number of aromatic nitrogens is 3. The van der Waals surface area contributed by atoms with Crippen LogP contribution < -0.4 is 5.32 Å². The summed E-state index contributed by atoms with van der Waals surface area (Å²) in [5, 5.41) is 17.5. The molecule has 0 aliphatic carbocycles. The third-order valence-electron chi connectivity index (χ3n) is 6.89. The molecule has 0 bridgehead atoms. The molecule has 2 amide bonds. The van der Waals surface area contributed by atoms with E-state index in [0.717, 1.165) is 48.6 Å². The predicted octanol–water partition coefficient (Wildman–Crippen LogP) is 3.22. The summed E-state index contributed by atoms with van der Waals surface area (Å²) in [4.78, 5) is 31.6. The van der Waals surface area contributed by atoms with E-state index >= 15 is 0 Å². The lowest BCUT2D eigenvalue weighted by atomic mass is 9.99. The second kappa shape index (κ2) is 10.3. The monoisotopic (exact) mass is 504 g/mol. The van der Waals surface area contributed by atoms with E-state index in [2.05, 4.69) is 28.0 Å². The molecule has 1 atom stereocenters. The van der Waals surface area contributed by atoms with Crippen LogP contribution in [0, 0.1) is 25.2 Å². The van der Waals surface area contributed by atoms with E-state index in [4.69, 9.17) is 9.84 Å². The number of carbonyl (C=O) groups is 2. The SMILES string of the molecule is Cc1nn(C2CCOCC2)c(C)c1-c1ccc2nccc(C(=O)NCC(=O)N3CSCC3C#N)c2c1. The van der Waals surface area contributed by atoms with Crippen molar-refractivity contribution in [3.8, 4) is 17.2 Å². The molecular weight excluding hydrogens is 476 g/mol. The number of hydrogen-bond acceptors (Lipinski definition) is 7. The fourth-order valence-electron chi connectivity index (χ4n) is 5.01. The maximum Gasteiger partial charge on any atom is 0.252 e. The minimum Gasteiger partial charge on any atom is -0.381 e. The fourth-order valence-corrected chi connectivity index (χ4v) is 6.12. The Bertz CT molecular complexity index is 1360. The zero-order chi connectivity index (χ0) is 25.2. The molecule has 4 heterocycles. The molecule has 1 N–H and O–H groups in total. The molecule has 3 aromatic rings. The molecule has 0 spiro atoms. The van der Waals surface area contributed by atoms with Gasteiger partial charge in [-0.1, -0.05) is 6.07 Å². The highest BCUT2D eigenvalue weighted by Crippen LogP contribution is 2.33. The summed E-state index contributed by atoms with van der Waals surface area (Å²) >= 11 is 1.54. The van der Waals surface area contributed by atoms with E-state index in [0.29, 0.717) is 34.1 Å². The molecule has 2 aliphatic rings. The number of rotatable bonds is 5. The predicted molar refractivity (Wildman–Crippen MR) is 137 cm³/mol. The summed E-state index contributed by atoms with van der Waals surface area (Å²) in [6.07, 6.45) is 3.48. The van der Waals surface area contributed by atoms with Gasteiger partial charge in [0, 0.05) is 41.8 Å². The first kappa shape index (κ1) is 24.3. The number of nitriles is 1. The summed E-state index contributed by atoms with van der Waals surface area (Å²) in [5.74, 6) is 0.456. The number of fused-ring (bicyclic) bond motifs is 1. The topological polar surface area (TPSA) is 113 Å². The summed E-state index contributed by atoms with van der Waals surface area (Å²) in [5.41, 5.74) is 5.21. The number of hydrogen-bond donors (Lipinski definition) is 1. The maximum atomic E-state index is 13.1. The van der Waals surface area contributed by atoms with Crippen LogP contribution in [0.4, 0.5) is 0 Å². The first-order valence-corrected chi connectivity index (χ1v) is 13.2. The second-order valence-electron chi connectivity index (χ2n) is 9.12. The van der Waals surface area contributed by atoms with Gasteiger partial charge in [0.1, 0.15) is 6.04 Å². The Labute approximate surface area is 213 Å². The summed E-state index contributed by atoms with van der Waals surface area (Å²) in [6.45, 7) is 5.43. The van der Waals surface area contributed by atoms with Crippen LogP contribution in [0.15, 0.2) is 30.5 Å². The molecule has 2 saturated heterocycles. The first-order chi connectivity index (χ1) is 17.5. The minimum absolute atomic E-state index is 0.156. The molecule has 36 heavy (non-hydrogen) atoms. The Morgan fingerprint density at radius 3 is 2.83 bits per heavy atom. The molecule has 2 aromatic heterocycles. The average Bonchev–Trinajstić information content (AvgIpc) is 3.50. The van der Waals surface area contributed by atoms with Crippen molar-refractivity contribution in [2.45, 2.75) is 38.8 Å². The molecule has 186 valence electrons. The van der Waals surface area contributed by atoms with Crippen molar-refractivity contribution >= 4 is 34.5 Å². The van der Waals surface area contributed by atoms with Gasteiger partial charge in [-0.25, -0.2) is 0 Å². The number of nitrogens with one attached hydrogen (secondary N) is 1. The highest BCUT2D eigenvalue weighted by atomic mass is 32.2. The zero-order valence-electron chi connectivity index (χ0n) is 20.4. The highest BCUT2D eigenvalue weighted by molar-refractivity contribution is 7.99. The van der Waals surface area contributed by atoms with Crippen LogP contribution in [0.3, 0.4) is 0 Å². The lowest BCUT2D eigenvalue weighted by Gasteiger charge is -2.23. The smallest absolute Gasteiger partial charge is 0.252 e. The second-order valence-corrected chi connectivity index (χ2v) is 10.1. The van der Waals surface area contributed by atoms with E-state index in [9.17, 15) is 14.9 Å². The van der Waals surface area contributed by atoms with E-state index in [1.165, 1.54) is 16.7 Å². The van der Waals surface area contributed by atoms with Crippen molar-refractivity contribution in [1.82, 2.24) is 25.0 Å². The quantitative estimate of drug-likeness (QED) is 0.568. The van der Waals surface area contributed by atoms with Crippen LogP contribution in [-0.4, -0.2) is 68.9 Å². The van der Waals surface area contributed by atoms with Gasteiger partial charge in [-0.2, -0.15) is 10.4 Å². The van der Waals surface area contributed by atoms with Gasteiger partial charge < -0.3 is 15.0 Å². The van der Waals surface area contributed by atoms with E-state index in [-0.39, 0.29) is 18.4 Å². The Balaban J connectivity index is 1.41. The van der Waals surface area contributed by atoms with Crippen LogP contribution in [0.25, 0.3) is 22.0 Å². The number of thioether (sulfide) groups is 1. The van der Waals surface area contributed by atoms with Gasteiger partial charge in [0.15, 0.2) is 0 Å². The molecule has 1 unspecified atom stereocenters. The molecule has 0 saturated carbocycles. The summed E-state index contributed by atoms with van der Waals surface area (Å²) in [6, 6.07) is 9.59. The van der Waals surface area contributed by atoms with Crippen molar-refractivity contribution < 1.29 is 14.3 Å². The molecule has 1 aromatic carbocycles. The van der Waals surface area contributed by atoms with E-state index in [1.54, 1.807) is 12.3 Å². The Morgan fingerprint density at radius 1 is 1.25 bits per heavy atom. The summed E-state index contributed by atoms with van der Waals surface area (Å²) < 4.78 is 7.63. The number of ether oxygens (including phenoxy) is 1. The zero-order valence-corrected chi connectivity index (χ0v) is 21.2. The average molecular weight is 505 g/mol. The molecule has 2 fully saturated rings. The van der Waals surface area contributed by atoms with Gasteiger partial charge in [0.25, 0.3) is 5.91 Å². The Morgan fingerprint density at radius 2 is 2.06 bits per heavy atom. The standard InChI is InChI=1S/C26H28N6O3S/c1-16-25(17(2)32(30-16)19-6-9-35-10-7-19)18-3-4-23-22(11-18)21(5-8-28-23)26(34)29-13-24(33)31-15-36-14-20(31)12-27/h3-5,8,11,19-20H,6-7,9-10,13-15H2,1-2H3,(H,29,34). The van der Waals surface area contributed by atoms with E-state index < -0.39 is 6.04 Å². The lowest BCUT2D eigenvalue weighted by Crippen LogP contribution is -2.42. The summed E-state index contributed by atoms with van der Waals surface area (Å²) in [7, 11) is 0. The Hall–Kier alpha value is -3.42. The van der Waals surface area contributed by atoms with Crippen molar-refractivity contribution in [2.75, 3.05) is 31.4 Å². The molecule has 5 rings (SSSR count). The van der Waals surface area contributed by atoms with Crippen LogP contribution in [0.2, 0.25) is 0 Å². The van der Waals surface area contributed by atoms with Gasteiger partial charge in [0.2, 0.25) is 5.91 Å². The number of pyridine rings is 1. The van der Waals surface area contributed by atoms with Gasteiger partial charge in [0.05, 0.1) is 41.3 Å². The van der Waals surface area contributed by atoms with Crippen LogP contribution in [0.5, 0.6) is 0 Å². The number of carbonyl (C=O) groups excluding carboxylic acids is 2. The minimum atomic E-state index is -0.447. The first-order valence-electron chi connectivity index (χ1n) is 12.1. The van der Waals surface area contributed by atoms with Crippen molar-refractivity contribution in [1.29, 1.82) is 5.26 Å². The van der Waals surface area contributed by atoms with Crippen molar-refractivity contribution in [3.63, 3.8) is 0 Å². The van der Waals surface area contributed by atoms with Crippen LogP contribution >= 0.6 is 11.8 Å². The molecule has 2 aliphatic heterocycles. The number of benzene rings is 1. The fraction of sp³-hybridized carbons (Fsp3) is 0.423. The highest BCUT2D eigenvalue weighted by Gasteiger charge is 2.29. The van der Waals surface area contributed by atoms with Crippen LogP contribution in [-0.2, 0) is 9.53 Å². The van der Waals surface area contributed by atoms with Gasteiger partial charge in [-0.05, 0) is 50.5 Å². The van der Waals surface area contributed by atoms with Gasteiger partial charge in [-0.15, -0.1) is 11.8 Å². The maximum absolute atomic E-state index is 13.1. The molecule has 10 heteroatoms. The largest absolute Gasteiger partial charge is 0.381 e. The third-order valence-corrected chi connectivity index (χ3v) is 7.90. The van der Waals surface area contributed by atoms with Crippen molar-refractivity contribution in [3.05, 3.63) is 47.4 Å². The van der Waals surface area contributed by atoms with Gasteiger partial charge in [-0.3, -0.25) is 19.3 Å². The lowest BCUT2D eigenvalue weighted by molar-refractivity contribution is -0.129. The molecule has 0 radical (unpaired) electrons. The number of aryl methyl sites for hydroxylation is 1. The molecular formula is C26H28N6O3S. The molecule has 9 nitrogen and oxygen atoms in total. The number of nitrogens with zero attached hydrogens (tertiary/aromatic N) is 5. The van der Waals surface area contributed by atoms with Crippen LogP contribution in [0.1, 0.15) is 40.6 Å². The third kappa shape index (κ3) is 4.56. The van der Waals surface area contributed by atoms with Gasteiger partial charge >= 0.3 is 0 Å². The van der Waals surface area contributed by atoms with Crippen molar-refractivity contribution in [2.24, 2.45) is 0 Å². The number of amides is 2. The Kier molecular flexibility index (Phi) is 6.94. The normalized spacial score (nSPS) is 18.4.